The number of anilines is 2. The van der Waals surface area contributed by atoms with E-state index in [2.05, 4.69) is 71.4 Å². The maximum Gasteiger partial charge on any atom is 0.0708 e. The Morgan fingerprint density at radius 1 is 0.960 bits per heavy atom. The van der Waals surface area contributed by atoms with E-state index in [1.807, 2.05) is 0 Å². The molecule has 25 heavy (non-hydrogen) atoms. The van der Waals surface area contributed by atoms with E-state index in [1.54, 1.807) is 0 Å². The lowest BCUT2D eigenvalue weighted by Crippen LogP contribution is -2.45. The van der Waals surface area contributed by atoms with Crippen molar-refractivity contribution in [2.24, 2.45) is 0 Å². The van der Waals surface area contributed by atoms with Gasteiger partial charge in [0.15, 0.2) is 0 Å². The van der Waals surface area contributed by atoms with Crippen LogP contribution in [0.15, 0.2) is 42.5 Å². The SMILES string of the molecule is Cc1ccc(C2CCN(CN3CCNc4ccccc43)CC2)cc1C. The van der Waals surface area contributed by atoms with Crippen molar-refractivity contribution in [1.82, 2.24) is 4.90 Å². The molecule has 3 heteroatoms. The number of likely N-dealkylation sites (tertiary alicyclic amines) is 1. The lowest BCUT2D eigenvalue weighted by Gasteiger charge is -2.39. The van der Waals surface area contributed by atoms with E-state index in [-0.39, 0.29) is 0 Å². The van der Waals surface area contributed by atoms with Gasteiger partial charge < -0.3 is 10.2 Å². The molecule has 0 atom stereocenters. The van der Waals surface area contributed by atoms with Gasteiger partial charge in [-0.05, 0) is 61.4 Å². The lowest BCUT2D eigenvalue weighted by atomic mass is 9.88. The summed E-state index contributed by atoms with van der Waals surface area (Å²) in [7, 11) is 0. The average molecular weight is 335 g/mol. The number of piperidine rings is 1. The fourth-order valence-corrected chi connectivity index (χ4v) is 4.16. The first-order chi connectivity index (χ1) is 12.2. The maximum atomic E-state index is 3.51. The van der Waals surface area contributed by atoms with Gasteiger partial charge in [0, 0.05) is 26.2 Å². The number of hydrogen-bond donors (Lipinski definition) is 1. The molecule has 2 aromatic carbocycles. The third-order valence-corrected chi connectivity index (χ3v) is 5.90. The van der Waals surface area contributed by atoms with Crippen molar-refractivity contribution in [3.05, 3.63) is 59.2 Å². The predicted molar refractivity (Wildman–Crippen MR) is 107 cm³/mol. The van der Waals surface area contributed by atoms with Crippen LogP contribution in [0, 0.1) is 13.8 Å². The maximum absolute atomic E-state index is 3.51. The van der Waals surface area contributed by atoms with Gasteiger partial charge in [-0.25, -0.2) is 0 Å². The highest BCUT2D eigenvalue weighted by Crippen LogP contribution is 2.31. The molecule has 2 aliphatic heterocycles. The lowest BCUT2D eigenvalue weighted by molar-refractivity contribution is 0.212. The number of nitrogens with zero attached hydrogens (tertiary/aromatic N) is 2. The standard InChI is InChI=1S/C22H29N3/c1-17-7-8-20(15-18(17)2)19-9-12-24(13-10-19)16-25-14-11-23-21-5-3-4-6-22(21)25/h3-8,15,19,23H,9-14,16H2,1-2H3. The van der Waals surface area contributed by atoms with Gasteiger partial charge in [-0.1, -0.05) is 30.3 Å². The number of hydrogen-bond acceptors (Lipinski definition) is 3. The van der Waals surface area contributed by atoms with Gasteiger partial charge in [0.1, 0.15) is 0 Å². The van der Waals surface area contributed by atoms with Crippen LogP contribution in [0.2, 0.25) is 0 Å². The Morgan fingerprint density at radius 3 is 2.56 bits per heavy atom. The van der Waals surface area contributed by atoms with Gasteiger partial charge >= 0.3 is 0 Å². The molecule has 0 unspecified atom stereocenters. The highest BCUT2D eigenvalue weighted by molar-refractivity contribution is 5.71. The highest BCUT2D eigenvalue weighted by Gasteiger charge is 2.24. The van der Waals surface area contributed by atoms with Crippen LogP contribution in [-0.2, 0) is 0 Å². The zero-order valence-corrected chi connectivity index (χ0v) is 15.5. The predicted octanol–water partition coefficient (Wildman–Crippen LogP) is 4.37. The topological polar surface area (TPSA) is 18.5 Å². The molecule has 0 radical (unpaired) electrons. The Balaban J connectivity index is 1.37. The van der Waals surface area contributed by atoms with E-state index in [4.69, 9.17) is 0 Å². The zero-order valence-electron chi connectivity index (χ0n) is 15.5. The minimum Gasteiger partial charge on any atom is -0.382 e. The van der Waals surface area contributed by atoms with Crippen LogP contribution in [-0.4, -0.2) is 37.7 Å². The molecule has 0 aliphatic carbocycles. The van der Waals surface area contributed by atoms with E-state index < -0.39 is 0 Å². The Bertz CT molecular complexity index is 732. The Labute approximate surface area is 151 Å². The van der Waals surface area contributed by atoms with Gasteiger partial charge in [0.25, 0.3) is 0 Å². The summed E-state index contributed by atoms with van der Waals surface area (Å²) in [6.07, 6.45) is 2.55. The van der Waals surface area contributed by atoms with E-state index in [0.717, 1.165) is 25.7 Å². The van der Waals surface area contributed by atoms with Crippen molar-refractivity contribution in [1.29, 1.82) is 0 Å². The van der Waals surface area contributed by atoms with Crippen LogP contribution < -0.4 is 10.2 Å². The summed E-state index contributed by atoms with van der Waals surface area (Å²) in [5.41, 5.74) is 7.00. The van der Waals surface area contributed by atoms with Gasteiger partial charge in [-0.3, -0.25) is 4.90 Å². The second kappa shape index (κ2) is 7.09. The molecule has 2 aromatic rings. The average Bonchev–Trinajstić information content (AvgIpc) is 2.65. The molecule has 0 spiro atoms. The molecule has 2 heterocycles. The second-order valence-electron chi connectivity index (χ2n) is 7.58. The fraction of sp³-hybridized carbons (Fsp3) is 0.455. The van der Waals surface area contributed by atoms with E-state index >= 15 is 0 Å². The van der Waals surface area contributed by atoms with Crippen molar-refractivity contribution in [2.45, 2.75) is 32.6 Å². The van der Waals surface area contributed by atoms with Gasteiger partial charge in [-0.2, -0.15) is 0 Å². The molecule has 0 saturated carbocycles. The molecule has 1 N–H and O–H groups in total. The first kappa shape index (κ1) is 16.5. The summed E-state index contributed by atoms with van der Waals surface area (Å²) >= 11 is 0. The minimum atomic E-state index is 0.728. The third-order valence-electron chi connectivity index (χ3n) is 5.90. The van der Waals surface area contributed by atoms with Gasteiger partial charge in [-0.15, -0.1) is 0 Å². The number of para-hydroxylation sites is 2. The number of fused-ring (bicyclic) bond motifs is 1. The summed E-state index contributed by atoms with van der Waals surface area (Å²) < 4.78 is 0. The molecular weight excluding hydrogens is 306 g/mol. The zero-order chi connectivity index (χ0) is 17.2. The highest BCUT2D eigenvalue weighted by atomic mass is 15.3. The van der Waals surface area contributed by atoms with Crippen LogP contribution in [0.25, 0.3) is 0 Å². The van der Waals surface area contributed by atoms with Crippen LogP contribution >= 0.6 is 0 Å². The summed E-state index contributed by atoms with van der Waals surface area (Å²) in [6.45, 7) is 10.0. The van der Waals surface area contributed by atoms with Crippen molar-refractivity contribution >= 4 is 11.4 Å². The quantitative estimate of drug-likeness (QED) is 0.898. The molecule has 0 amide bonds. The molecule has 0 aromatic heterocycles. The summed E-state index contributed by atoms with van der Waals surface area (Å²) in [5, 5.41) is 3.51. The van der Waals surface area contributed by atoms with Crippen LogP contribution in [0.4, 0.5) is 11.4 Å². The first-order valence-electron chi connectivity index (χ1n) is 9.58. The molecule has 4 rings (SSSR count). The largest absolute Gasteiger partial charge is 0.382 e. The van der Waals surface area contributed by atoms with Crippen molar-refractivity contribution in [3.63, 3.8) is 0 Å². The normalized spacial score (nSPS) is 18.7. The van der Waals surface area contributed by atoms with E-state index in [0.29, 0.717) is 0 Å². The Hall–Kier alpha value is -2.00. The molecule has 0 bridgehead atoms. The molecule has 3 nitrogen and oxygen atoms in total. The number of rotatable bonds is 3. The molecular formula is C22H29N3. The Morgan fingerprint density at radius 2 is 1.76 bits per heavy atom. The van der Waals surface area contributed by atoms with Gasteiger partial charge in [0.05, 0.1) is 18.0 Å². The van der Waals surface area contributed by atoms with Crippen LogP contribution in [0.3, 0.4) is 0 Å². The molecule has 1 fully saturated rings. The molecule has 1 saturated heterocycles. The number of benzene rings is 2. The minimum absolute atomic E-state index is 0.728. The fourth-order valence-electron chi connectivity index (χ4n) is 4.16. The monoisotopic (exact) mass is 335 g/mol. The van der Waals surface area contributed by atoms with E-state index in [1.165, 1.54) is 54.0 Å². The Kier molecular flexibility index (Phi) is 4.67. The second-order valence-corrected chi connectivity index (χ2v) is 7.58. The number of nitrogens with one attached hydrogen (secondary N) is 1. The van der Waals surface area contributed by atoms with Crippen molar-refractivity contribution in [2.75, 3.05) is 43.1 Å². The summed E-state index contributed by atoms with van der Waals surface area (Å²) in [6, 6.07) is 15.7. The first-order valence-corrected chi connectivity index (χ1v) is 9.58. The van der Waals surface area contributed by atoms with Crippen molar-refractivity contribution < 1.29 is 0 Å². The third kappa shape index (κ3) is 3.52. The number of aryl methyl sites for hydroxylation is 2. The van der Waals surface area contributed by atoms with E-state index in [9.17, 15) is 0 Å². The summed E-state index contributed by atoms with van der Waals surface area (Å²) in [4.78, 5) is 5.15. The molecule has 2 aliphatic rings. The molecule has 132 valence electrons. The van der Waals surface area contributed by atoms with Crippen molar-refractivity contribution in [3.8, 4) is 0 Å². The summed E-state index contributed by atoms with van der Waals surface area (Å²) in [5.74, 6) is 0.728. The smallest absolute Gasteiger partial charge is 0.0708 e. The van der Waals surface area contributed by atoms with Crippen LogP contribution in [0.1, 0.15) is 35.4 Å². The van der Waals surface area contributed by atoms with Gasteiger partial charge in [0.2, 0.25) is 0 Å². The van der Waals surface area contributed by atoms with Crippen LogP contribution in [0.5, 0.6) is 0 Å².